The van der Waals surface area contributed by atoms with E-state index in [2.05, 4.69) is 52.5 Å². The fraction of sp³-hybridized carbons (Fsp3) is 0.462. The number of nitrogens with two attached hydrogens (primary N) is 1. The molecule has 0 amide bonds. The summed E-state index contributed by atoms with van der Waals surface area (Å²) in [5.74, 6) is 6.41. The molecule has 2 aromatic heterocycles. The molecule has 0 aromatic carbocycles. The van der Waals surface area contributed by atoms with Crippen molar-refractivity contribution in [2.75, 3.05) is 0 Å². The maximum absolute atomic E-state index is 5.61. The molecule has 4 nitrogen and oxygen atoms in total. The van der Waals surface area contributed by atoms with Crippen LogP contribution in [0.4, 0.5) is 0 Å². The molecule has 0 aliphatic heterocycles. The number of furan rings is 1. The third-order valence-electron chi connectivity index (χ3n) is 2.84. The number of hydrazine groups is 1. The normalized spacial score (nSPS) is 13.7. The van der Waals surface area contributed by atoms with Gasteiger partial charge in [0.2, 0.25) is 0 Å². The van der Waals surface area contributed by atoms with E-state index < -0.39 is 0 Å². The van der Waals surface area contributed by atoms with E-state index in [0.717, 1.165) is 22.9 Å². The van der Waals surface area contributed by atoms with Crippen molar-refractivity contribution < 1.29 is 4.42 Å². The lowest BCUT2D eigenvalue weighted by Crippen LogP contribution is -2.29. The zero-order chi connectivity index (χ0) is 14.0. The topological polar surface area (TPSA) is 64.1 Å². The van der Waals surface area contributed by atoms with Crippen molar-refractivity contribution in [1.29, 1.82) is 0 Å². The molecule has 0 aliphatic rings. The third kappa shape index (κ3) is 3.66. The second-order valence-electron chi connectivity index (χ2n) is 5.44. The van der Waals surface area contributed by atoms with Gasteiger partial charge in [0.15, 0.2) is 4.67 Å². The summed E-state index contributed by atoms with van der Waals surface area (Å²) in [4.78, 5) is 4.67. The Balaban J connectivity index is 2.13. The van der Waals surface area contributed by atoms with Crippen molar-refractivity contribution in [3.8, 4) is 0 Å². The summed E-state index contributed by atoms with van der Waals surface area (Å²) in [5, 5.41) is 3.17. The first kappa shape index (κ1) is 14.7. The van der Waals surface area contributed by atoms with Crippen molar-refractivity contribution in [2.45, 2.75) is 38.6 Å². The van der Waals surface area contributed by atoms with Gasteiger partial charge in [0, 0.05) is 17.2 Å². The van der Waals surface area contributed by atoms with Gasteiger partial charge in [-0.2, -0.15) is 0 Å². The molecule has 0 fully saturated rings. The highest BCUT2D eigenvalue weighted by Gasteiger charge is 2.20. The Labute approximate surface area is 125 Å². The molecule has 1 unspecified atom stereocenters. The molecule has 1 atom stereocenters. The van der Waals surface area contributed by atoms with Gasteiger partial charge in [-0.1, -0.05) is 20.8 Å². The smallest absolute Gasteiger partial charge is 0.169 e. The van der Waals surface area contributed by atoms with Gasteiger partial charge in [-0.25, -0.2) is 10.4 Å². The number of aromatic nitrogens is 1. The Hall–Kier alpha value is -0.690. The van der Waals surface area contributed by atoms with Crippen LogP contribution in [0.15, 0.2) is 26.6 Å². The molecule has 104 valence electrons. The van der Waals surface area contributed by atoms with Crippen LogP contribution in [-0.4, -0.2) is 4.98 Å². The summed E-state index contributed by atoms with van der Waals surface area (Å²) in [6.07, 6.45) is 0.719. The Morgan fingerprint density at radius 2 is 2.21 bits per heavy atom. The summed E-state index contributed by atoms with van der Waals surface area (Å²) in [5.41, 5.74) is 3.97. The zero-order valence-corrected chi connectivity index (χ0v) is 13.6. The van der Waals surface area contributed by atoms with Crippen molar-refractivity contribution in [3.63, 3.8) is 0 Å². The molecule has 0 bridgehead atoms. The molecule has 0 saturated carbocycles. The van der Waals surface area contributed by atoms with E-state index in [0.29, 0.717) is 4.67 Å². The van der Waals surface area contributed by atoms with E-state index in [9.17, 15) is 0 Å². The van der Waals surface area contributed by atoms with Crippen LogP contribution in [0.1, 0.15) is 43.3 Å². The summed E-state index contributed by atoms with van der Waals surface area (Å²) in [7, 11) is 0. The van der Waals surface area contributed by atoms with E-state index in [1.165, 1.54) is 0 Å². The summed E-state index contributed by atoms with van der Waals surface area (Å²) >= 11 is 4.96. The molecule has 3 N–H and O–H groups in total. The van der Waals surface area contributed by atoms with Crippen molar-refractivity contribution in [2.24, 2.45) is 5.84 Å². The van der Waals surface area contributed by atoms with E-state index in [-0.39, 0.29) is 11.5 Å². The van der Waals surface area contributed by atoms with Crippen LogP contribution in [-0.2, 0) is 11.8 Å². The number of hydrogen-bond donors (Lipinski definition) is 2. The predicted octanol–water partition coefficient (Wildman–Crippen LogP) is 3.54. The van der Waals surface area contributed by atoms with Gasteiger partial charge >= 0.3 is 0 Å². The number of thiazole rings is 1. The fourth-order valence-corrected chi connectivity index (χ4v) is 3.07. The second kappa shape index (κ2) is 5.75. The third-order valence-corrected chi connectivity index (χ3v) is 4.13. The molecule has 2 heterocycles. The molecule has 0 aliphatic carbocycles. The predicted molar refractivity (Wildman–Crippen MR) is 81.0 cm³/mol. The summed E-state index contributed by atoms with van der Waals surface area (Å²) in [6.45, 7) is 6.48. The molecule has 19 heavy (non-hydrogen) atoms. The standard InChI is InChI=1S/C13H18BrN3OS/c1-13(2,3)10-7-19-12(16-10)6-8(17-15)9-4-5-11(14)18-9/h4-5,7-8,17H,6,15H2,1-3H3. The van der Waals surface area contributed by atoms with Crippen LogP contribution in [0.2, 0.25) is 0 Å². The second-order valence-corrected chi connectivity index (χ2v) is 7.17. The fourth-order valence-electron chi connectivity index (χ4n) is 1.68. The minimum Gasteiger partial charge on any atom is -0.453 e. The number of rotatable bonds is 4. The highest BCUT2D eigenvalue weighted by atomic mass is 79.9. The van der Waals surface area contributed by atoms with Gasteiger partial charge in [0.25, 0.3) is 0 Å². The maximum Gasteiger partial charge on any atom is 0.169 e. The summed E-state index contributed by atoms with van der Waals surface area (Å²) in [6, 6.07) is 3.71. The summed E-state index contributed by atoms with van der Waals surface area (Å²) < 4.78 is 6.24. The molecular weight excluding hydrogens is 326 g/mol. The lowest BCUT2D eigenvalue weighted by Gasteiger charge is -2.15. The van der Waals surface area contributed by atoms with Crippen LogP contribution in [0.3, 0.4) is 0 Å². The van der Waals surface area contributed by atoms with Gasteiger partial charge in [0.1, 0.15) is 5.76 Å². The molecule has 6 heteroatoms. The Morgan fingerprint density at radius 1 is 1.47 bits per heavy atom. The number of nitrogens with one attached hydrogen (secondary N) is 1. The average Bonchev–Trinajstić information content (AvgIpc) is 2.94. The molecule has 0 radical (unpaired) electrons. The van der Waals surface area contributed by atoms with Crippen LogP contribution < -0.4 is 11.3 Å². The monoisotopic (exact) mass is 343 g/mol. The van der Waals surface area contributed by atoms with Crippen molar-refractivity contribution >= 4 is 27.3 Å². The molecular formula is C13H18BrN3OS. The van der Waals surface area contributed by atoms with Crippen molar-refractivity contribution in [3.05, 3.63) is 38.6 Å². The SMILES string of the molecule is CC(C)(C)c1csc(CC(NN)c2ccc(Br)o2)n1. The minimum atomic E-state index is -0.0646. The van der Waals surface area contributed by atoms with Gasteiger partial charge in [-0.3, -0.25) is 5.84 Å². The lowest BCUT2D eigenvalue weighted by molar-refractivity contribution is 0.404. The molecule has 0 saturated heterocycles. The first-order valence-electron chi connectivity index (χ1n) is 6.06. The van der Waals surface area contributed by atoms with E-state index >= 15 is 0 Å². The van der Waals surface area contributed by atoms with Gasteiger partial charge in [0.05, 0.1) is 16.7 Å². The zero-order valence-electron chi connectivity index (χ0n) is 11.2. The quantitative estimate of drug-likeness (QED) is 0.658. The first-order valence-corrected chi connectivity index (χ1v) is 7.73. The number of halogens is 1. The van der Waals surface area contributed by atoms with Gasteiger partial charge in [-0.15, -0.1) is 11.3 Å². The Bertz CT molecular complexity index is 544. The number of hydrogen-bond acceptors (Lipinski definition) is 5. The lowest BCUT2D eigenvalue weighted by atomic mass is 9.93. The highest BCUT2D eigenvalue weighted by Crippen LogP contribution is 2.27. The van der Waals surface area contributed by atoms with Gasteiger partial charge in [-0.05, 0) is 28.1 Å². The first-order chi connectivity index (χ1) is 8.90. The van der Waals surface area contributed by atoms with E-state index in [1.807, 2.05) is 12.1 Å². The highest BCUT2D eigenvalue weighted by molar-refractivity contribution is 9.10. The molecule has 2 rings (SSSR count). The Kier molecular flexibility index (Phi) is 4.45. The largest absolute Gasteiger partial charge is 0.453 e. The Morgan fingerprint density at radius 3 is 2.68 bits per heavy atom. The van der Waals surface area contributed by atoms with Crippen LogP contribution in [0, 0.1) is 0 Å². The average molecular weight is 344 g/mol. The van der Waals surface area contributed by atoms with Crippen LogP contribution in [0.25, 0.3) is 0 Å². The molecule has 2 aromatic rings. The van der Waals surface area contributed by atoms with Crippen LogP contribution >= 0.6 is 27.3 Å². The minimum absolute atomic E-state index is 0.0646. The van der Waals surface area contributed by atoms with Gasteiger partial charge < -0.3 is 4.42 Å². The van der Waals surface area contributed by atoms with E-state index in [4.69, 9.17) is 10.3 Å². The maximum atomic E-state index is 5.61. The van der Waals surface area contributed by atoms with E-state index in [1.54, 1.807) is 11.3 Å². The van der Waals surface area contributed by atoms with Crippen molar-refractivity contribution in [1.82, 2.24) is 10.4 Å². The van der Waals surface area contributed by atoms with Crippen LogP contribution in [0.5, 0.6) is 0 Å². The number of nitrogens with zero attached hydrogens (tertiary/aromatic N) is 1. The molecule has 0 spiro atoms.